The highest BCUT2D eigenvalue weighted by atomic mass is 35.5. The van der Waals surface area contributed by atoms with Crippen LogP contribution in [0.1, 0.15) is 17.8 Å². The zero-order chi connectivity index (χ0) is 14.7. The van der Waals surface area contributed by atoms with Crippen LogP contribution >= 0.6 is 11.6 Å². The molecule has 0 aliphatic carbocycles. The molecule has 0 atom stereocenters. The lowest BCUT2D eigenvalue weighted by molar-refractivity contribution is -0.128. The van der Waals surface area contributed by atoms with Gasteiger partial charge in [0.25, 0.3) is 0 Å². The number of imidazole rings is 1. The van der Waals surface area contributed by atoms with Gasteiger partial charge in [-0.25, -0.2) is 4.98 Å². The van der Waals surface area contributed by atoms with E-state index in [1.807, 2.05) is 0 Å². The van der Waals surface area contributed by atoms with Gasteiger partial charge in [-0.05, 0) is 24.6 Å². The van der Waals surface area contributed by atoms with Crippen LogP contribution in [0.4, 0.5) is 0 Å². The fourth-order valence-corrected chi connectivity index (χ4v) is 2.41. The van der Waals surface area contributed by atoms with Crippen LogP contribution in [0, 0.1) is 6.92 Å². The van der Waals surface area contributed by atoms with Crippen LogP contribution in [0.25, 0.3) is 11.0 Å². The molecule has 0 aliphatic rings. The van der Waals surface area contributed by atoms with Crippen molar-refractivity contribution in [1.29, 1.82) is 0 Å². The Labute approximate surface area is 124 Å². The van der Waals surface area contributed by atoms with E-state index in [4.69, 9.17) is 11.6 Å². The molecule has 0 saturated heterocycles. The number of halogens is 1. The van der Waals surface area contributed by atoms with Crippen molar-refractivity contribution in [3.8, 4) is 0 Å². The van der Waals surface area contributed by atoms with Gasteiger partial charge in [0, 0.05) is 39.4 Å². The molecule has 1 heterocycles. The number of carbonyl (C=O) groups is 1. The van der Waals surface area contributed by atoms with E-state index in [0.717, 1.165) is 16.9 Å². The van der Waals surface area contributed by atoms with E-state index in [-0.39, 0.29) is 5.91 Å². The second-order valence-corrected chi connectivity index (χ2v) is 5.53. The minimum atomic E-state index is 0.121. The number of nitrogens with zero attached hydrogens (tertiary/aromatic N) is 3. The third-order valence-electron chi connectivity index (χ3n) is 3.35. The number of amides is 1. The number of hydrogen-bond acceptors (Lipinski definition) is 2. The van der Waals surface area contributed by atoms with Gasteiger partial charge in [0.15, 0.2) is 0 Å². The third kappa shape index (κ3) is 3.12. The first-order chi connectivity index (χ1) is 9.52. The van der Waals surface area contributed by atoms with Gasteiger partial charge in [-0.1, -0.05) is 6.07 Å². The average Bonchev–Trinajstić information content (AvgIpc) is 2.72. The highest BCUT2D eigenvalue weighted by Gasteiger charge is 2.12. The molecule has 1 aromatic carbocycles. The van der Waals surface area contributed by atoms with Crippen LogP contribution in [0.2, 0.25) is 0 Å². The molecule has 1 amide bonds. The van der Waals surface area contributed by atoms with Crippen molar-refractivity contribution in [2.75, 3.05) is 20.0 Å². The zero-order valence-corrected chi connectivity index (χ0v) is 12.9. The van der Waals surface area contributed by atoms with E-state index in [9.17, 15) is 4.79 Å². The molecule has 1 aromatic heterocycles. The Balaban J connectivity index is 2.33. The lowest BCUT2D eigenvalue weighted by Crippen LogP contribution is -2.23. The minimum absolute atomic E-state index is 0.121. The number of rotatable bonds is 5. The second-order valence-electron chi connectivity index (χ2n) is 5.15. The summed E-state index contributed by atoms with van der Waals surface area (Å²) in [4.78, 5) is 18.0. The number of aryl methyl sites for hydroxylation is 3. The lowest BCUT2D eigenvalue weighted by Gasteiger charge is -2.12. The summed E-state index contributed by atoms with van der Waals surface area (Å²) in [6.45, 7) is 2.69. The first-order valence-electron chi connectivity index (χ1n) is 6.75. The van der Waals surface area contributed by atoms with E-state index < -0.39 is 0 Å². The molecular weight excluding hydrogens is 274 g/mol. The van der Waals surface area contributed by atoms with Crippen LogP contribution < -0.4 is 0 Å². The third-order valence-corrected chi connectivity index (χ3v) is 3.54. The first kappa shape index (κ1) is 14.9. The van der Waals surface area contributed by atoms with Crippen molar-refractivity contribution in [2.24, 2.45) is 0 Å². The largest absolute Gasteiger partial charge is 0.349 e. The van der Waals surface area contributed by atoms with Gasteiger partial charge in [0.2, 0.25) is 5.91 Å². The predicted molar refractivity (Wildman–Crippen MR) is 82.2 cm³/mol. The average molecular weight is 294 g/mol. The maximum absolute atomic E-state index is 11.8. The lowest BCUT2D eigenvalue weighted by atomic mass is 10.2. The first-order valence-corrected chi connectivity index (χ1v) is 7.28. The van der Waals surface area contributed by atoms with Crippen LogP contribution in [0.5, 0.6) is 0 Å². The summed E-state index contributed by atoms with van der Waals surface area (Å²) in [5.74, 6) is 1.60. The van der Waals surface area contributed by atoms with Gasteiger partial charge >= 0.3 is 0 Å². The minimum Gasteiger partial charge on any atom is -0.349 e. The fourth-order valence-electron chi connectivity index (χ4n) is 2.25. The number of hydrogen-bond donors (Lipinski definition) is 0. The Morgan fingerprint density at radius 1 is 1.40 bits per heavy atom. The van der Waals surface area contributed by atoms with Crippen molar-refractivity contribution < 1.29 is 4.79 Å². The summed E-state index contributed by atoms with van der Waals surface area (Å²) < 4.78 is 2.11. The van der Waals surface area contributed by atoms with E-state index in [1.165, 1.54) is 5.56 Å². The van der Waals surface area contributed by atoms with Gasteiger partial charge < -0.3 is 9.47 Å². The molecule has 0 aliphatic heterocycles. The Morgan fingerprint density at radius 3 is 2.80 bits per heavy atom. The summed E-state index contributed by atoms with van der Waals surface area (Å²) in [6, 6.07) is 6.20. The number of aromatic nitrogens is 2. The van der Waals surface area contributed by atoms with Gasteiger partial charge in [-0.3, -0.25) is 4.79 Å². The quantitative estimate of drug-likeness (QED) is 0.795. The molecule has 0 radical (unpaired) electrons. The number of benzene rings is 1. The monoisotopic (exact) mass is 293 g/mol. The van der Waals surface area contributed by atoms with E-state index in [0.29, 0.717) is 25.3 Å². The number of alkyl halides is 1. The maximum atomic E-state index is 11.8. The highest BCUT2D eigenvalue weighted by Crippen LogP contribution is 2.19. The maximum Gasteiger partial charge on any atom is 0.223 e. The molecule has 0 bridgehead atoms. The molecular formula is C15H20ClN3O. The predicted octanol–water partition coefficient (Wildman–Crippen LogP) is 2.60. The summed E-state index contributed by atoms with van der Waals surface area (Å²) in [5.41, 5.74) is 3.23. The molecule has 108 valence electrons. The molecule has 0 spiro atoms. The van der Waals surface area contributed by atoms with Crippen molar-refractivity contribution in [2.45, 2.75) is 26.3 Å². The Bertz CT molecular complexity index is 619. The summed E-state index contributed by atoms with van der Waals surface area (Å²) >= 11 is 5.85. The number of fused-ring (bicyclic) bond motifs is 1. The molecule has 4 nitrogen and oxygen atoms in total. The second kappa shape index (κ2) is 6.27. The topological polar surface area (TPSA) is 38.1 Å². The van der Waals surface area contributed by atoms with E-state index in [2.05, 4.69) is 34.7 Å². The van der Waals surface area contributed by atoms with Gasteiger partial charge in [-0.2, -0.15) is 0 Å². The summed E-state index contributed by atoms with van der Waals surface area (Å²) in [6.07, 6.45) is 1.19. The van der Waals surface area contributed by atoms with Crippen molar-refractivity contribution in [1.82, 2.24) is 14.5 Å². The molecule has 20 heavy (non-hydrogen) atoms. The van der Waals surface area contributed by atoms with Crippen LogP contribution in [-0.4, -0.2) is 40.3 Å². The number of carbonyl (C=O) groups excluding carboxylic acids is 1. The molecule has 0 N–H and O–H groups in total. The van der Waals surface area contributed by atoms with Gasteiger partial charge in [0.05, 0.1) is 11.0 Å². The SMILES string of the molecule is Cc1ccc2c(c1)nc(CCCl)n2CCC(=O)N(C)C. The Kier molecular flexibility index (Phi) is 4.65. The van der Waals surface area contributed by atoms with Gasteiger partial charge in [0.1, 0.15) is 5.82 Å². The molecule has 0 saturated carbocycles. The van der Waals surface area contributed by atoms with Crippen molar-refractivity contribution >= 4 is 28.5 Å². The molecule has 2 aromatic rings. The Morgan fingerprint density at radius 2 is 2.15 bits per heavy atom. The van der Waals surface area contributed by atoms with Crippen LogP contribution in [0.3, 0.4) is 0 Å². The van der Waals surface area contributed by atoms with E-state index in [1.54, 1.807) is 19.0 Å². The molecule has 5 heteroatoms. The smallest absolute Gasteiger partial charge is 0.223 e. The standard InChI is InChI=1S/C15H20ClN3O/c1-11-4-5-13-12(10-11)17-14(6-8-16)19(13)9-7-15(20)18(2)3/h4-5,10H,6-9H2,1-3H3. The van der Waals surface area contributed by atoms with Crippen molar-refractivity contribution in [3.63, 3.8) is 0 Å². The molecule has 0 unspecified atom stereocenters. The van der Waals surface area contributed by atoms with Crippen LogP contribution in [0.15, 0.2) is 18.2 Å². The van der Waals surface area contributed by atoms with Crippen molar-refractivity contribution in [3.05, 3.63) is 29.6 Å². The van der Waals surface area contributed by atoms with Gasteiger partial charge in [-0.15, -0.1) is 11.6 Å². The fraction of sp³-hybridized carbons (Fsp3) is 0.467. The molecule has 2 rings (SSSR count). The normalized spacial score (nSPS) is 11.0. The highest BCUT2D eigenvalue weighted by molar-refractivity contribution is 6.17. The van der Waals surface area contributed by atoms with Crippen LogP contribution in [-0.2, 0) is 17.8 Å². The van der Waals surface area contributed by atoms with E-state index >= 15 is 0 Å². The molecule has 0 fully saturated rings. The summed E-state index contributed by atoms with van der Waals surface area (Å²) in [7, 11) is 3.55. The Hall–Kier alpha value is -1.55. The summed E-state index contributed by atoms with van der Waals surface area (Å²) in [5, 5.41) is 0. The zero-order valence-electron chi connectivity index (χ0n) is 12.2.